The van der Waals surface area contributed by atoms with Gasteiger partial charge < -0.3 is 15.4 Å². The summed E-state index contributed by atoms with van der Waals surface area (Å²) in [4.78, 5) is 22.9. The Morgan fingerprint density at radius 1 is 1.48 bits per heavy atom. The van der Waals surface area contributed by atoms with Crippen LogP contribution in [-0.2, 0) is 4.74 Å². The van der Waals surface area contributed by atoms with Gasteiger partial charge >= 0.3 is 0 Å². The number of carbonyl (C=O) groups is 1. The summed E-state index contributed by atoms with van der Waals surface area (Å²) >= 11 is 0. The minimum atomic E-state index is -0.0901. The molecular formula is C15H24N4O2. The minimum Gasteiger partial charge on any atom is -0.396 e. The average molecular weight is 292 g/mol. The van der Waals surface area contributed by atoms with Crippen molar-refractivity contribution in [2.45, 2.75) is 32.6 Å². The lowest BCUT2D eigenvalue weighted by Gasteiger charge is -2.31. The van der Waals surface area contributed by atoms with Gasteiger partial charge in [-0.1, -0.05) is 13.8 Å². The highest BCUT2D eigenvalue weighted by molar-refractivity contribution is 5.97. The molecule has 1 saturated heterocycles. The third-order valence-corrected chi connectivity index (χ3v) is 3.86. The Morgan fingerprint density at radius 2 is 2.14 bits per heavy atom. The molecule has 1 aromatic heterocycles. The summed E-state index contributed by atoms with van der Waals surface area (Å²) < 4.78 is 5.18. The van der Waals surface area contributed by atoms with E-state index in [2.05, 4.69) is 9.97 Å². The summed E-state index contributed by atoms with van der Waals surface area (Å²) in [7, 11) is 1.71. The first-order valence-electron chi connectivity index (χ1n) is 7.43. The molecule has 116 valence electrons. The fourth-order valence-electron chi connectivity index (χ4n) is 2.54. The van der Waals surface area contributed by atoms with Crippen molar-refractivity contribution < 1.29 is 9.53 Å². The highest BCUT2D eigenvalue weighted by Gasteiger charge is 2.26. The molecule has 0 atom stereocenters. The topological polar surface area (TPSA) is 81.3 Å². The molecule has 6 nitrogen and oxygen atoms in total. The molecule has 0 radical (unpaired) electrons. The van der Waals surface area contributed by atoms with Crippen LogP contribution in [0.4, 0.5) is 5.69 Å². The first-order valence-corrected chi connectivity index (χ1v) is 7.43. The minimum absolute atomic E-state index is 0.0901. The number of methoxy groups -OCH3 is 1. The Labute approximate surface area is 125 Å². The first-order chi connectivity index (χ1) is 10.0. The summed E-state index contributed by atoms with van der Waals surface area (Å²) in [5, 5.41) is 0. The zero-order valence-corrected chi connectivity index (χ0v) is 13.0. The Balaban J connectivity index is 2.08. The molecule has 0 spiro atoms. The van der Waals surface area contributed by atoms with E-state index in [1.54, 1.807) is 7.11 Å². The lowest BCUT2D eigenvalue weighted by molar-refractivity contribution is 0.0609. The predicted octanol–water partition coefficient (Wildman–Crippen LogP) is 1.68. The molecule has 0 aliphatic carbocycles. The molecular weight excluding hydrogens is 268 g/mol. The van der Waals surface area contributed by atoms with E-state index in [1.807, 2.05) is 18.7 Å². The summed E-state index contributed by atoms with van der Waals surface area (Å²) in [5.41, 5.74) is 6.56. The molecule has 1 aliphatic heterocycles. The number of aromatic nitrogens is 2. The van der Waals surface area contributed by atoms with Crippen molar-refractivity contribution in [3.63, 3.8) is 0 Å². The fraction of sp³-hybridized carbons (Fsp3) is 0.667. The molecule has 1 aromatic rings. The summed E-state index contributed by atoms with van der Waals surface area (Å²) in [6.07, 6.45) is 3.45. The van der Waals surface area contributed by atoms with Crippen LogP contribution in [0.5, 0.6) is 0 Å². The Hall–Kier alpha value is -1.69. The zero-order chi connectivity index (χ0) is 15.4. The van der Waals surface area contributed by atoms with Gasteiger partial charge in [0.05, 0.1) is 11.9 Å². The standard InChI is InChI=1S/C15H24N4O2/c1-10(2)14-17-8-12(16)13(18-14)15(20)19-6-4-11(5-7-19)9-21-3/h8,10-11H,4-7,9,16H2,1-3H3. The molecule has 6 heteroatoms. The van der Waals surface area contributed by atoms with Gasteiger partial charge in [0.1, 0.15) is 5.82 Å². The van der Waals surface area contributed by atoms with Crippen molar-refractivity contribution in [3.8, 4) is 0 Å². The van der Waals surface area contributed by atoms with E-state index in [0.717, 1.165) is 32.5 Å². The molecule has 0 bridgehead atoms. The molecule has 0 unspecified atom stereocenters. The van der Waals surface area contributed by atoms with Crippen LogP contribution < -0.4 is 5.73 Å². The van der Waals surface area contributed by atoms with E-state index in [1.165, 1.54) is 6.20 Å². The third-order valence-electron chi connectivity index (χ3n) is 3.86. The van der Waals surface area contributed by atoms with E-state index in [-0.39, 0.29) is 11.8 Å². The van der Waals surface area contributed by atoms with E-state index in [0.29, 0.717) is 23.1 Å². The van der Waals surface area contributed by atoms with Gasteiger partial charge in [-0.05, 0) is 18.8 Å². The highest BCUT2D eigenvalue weighted by atomic mass is 16.5. The van der Waals surface area contributed by atoms with Gasteiger partial charge in [-0.25, -0.2) is 9.97 Å². The number of nitrogens with zero attached hydrogens (tertiary/aromatic N) is 3. The van der Waals surface area contributed by atoms with Crippen LogP contribution in [0.1, 0.15) is 48.9 Å². The monoisotopic (exact) mass is 292 g/mol. The van der Waals surface area contributed by atoms with Crippen LogP contribution in [0.2, 0.25) is 0 Å². The van der Waals surface area contributed by atoms with Crippen LogP contribution in [0.15, 0.2) is 6.20 Å². The molecule has 2 N–H and O–H groups in total. The van der Waals surface area contributed by atoms with E-state index in [4.69, 9.17) is 10.5 Å². The summed E-state index contributed by atoms with van der Waals surface area (Å²) in [6, 6.07) is 0. The number of hydrogen-bond acceptors (Lipinski definition) is 5. The van der Waals surface area contributed by atoms with Crippen LogP contribution in [-0.4, -0.2) is 47.6 Å². The average Bonchev–Trinajstić information content (AvgIpc) is 2.48. The molecule has 0 saturated carbocycles. The molecule has 1 amide bonds. The number of likely N-dealkylation sites (tertiary alicyclic amines) is 1. The van der Waals surface area contributed by atoms with Gasteiger partial charge in [-0.2, -0.15) is 0 Å². The van der Waals surface area contributed by atoms with Crippen LogP contribution in [0.25, 0.3) is 0 Å². The maximum atomic E-state index is 12.6. The number of anilines is 1. The lowest BCUT2D eigenvalue weighted by Crippen LogP contribution is -2.40. The Kier molecular flexibility index (Phi) is 5.12. The number of ether oxygens (including phenoxy) is 1. The first kappa shape index (κ1) is 15.7. The number of piperidine rings is 1. The fourth-order valence-corrected chi connectivity index (χ4v) is 2.54. The van der Waals surface area contributed by atoms with Gasteiger partial charge in [0.15, 0.2) is 5.69 Å². The second kappa shape index (κ2) is 6.85. The molecule has 1 aliphatic rings. The van der Waals surface area contributed by atoms with Crippen LogP contribution in [0, 0.1) is 5.92 Å². The van der Waals surface area contributed by atoms with Crippen LogP contribution in [0.3, 0.4) is 0 Å². The predicted molar refractivity (Wildman–Crippen MR) is 81.0 cm³/mol. The molecule has 0 aromatic carbocycles. The second-order valence-electron chi connectivity index (χ2n) is 5.88. The third kappa shape index (κ3) is 3.69. The molecule has 1 fully saturated rings. The van der Waals surface area contributed by atoms with Crippen molar-refractivity contribution >= 4 is 11.6 Å². The smallest absolute Gasteiger partial charge is 0.274 e. The number of nitrogens with two attached hydrogens (primary N) is 1. The van der Waals surface area contributed by atoms with Crippen molar-refractivity contribution in [2.75, 3.05) is 32.5 Å². The second-order valence-corrected chi connectivity index (χ2v) is 5.88. The highest BCUT2D eigenvalue weighted by Crippen LogP contribution is 2.21. The van der Waals surface area contributed by atoms with Crippen molar-refractivity contribution in [1.82, 2.24) is 14.9 Å². The van der Waals surface area contributed by atoms with Gasteiger partial charge in [0, 0.05) is 32.7 Å². The summed E-state index contributed by atoms with van der Waals surface area (Å²) in [5.74, 6) is 1.27. The summed E-state index contributed by atoms with van der Waals surface area (Å²) in [6.45, 7) is 6.21. The number of amides is 1. The van der Waals surface area contributed by atoms with Crippen molar-refractivity contribution in [2.24, 2.45) is 5.92 Å². The maximum Gasteiger partial charge on any atom is 0.274 e. The van der Waals surface area contributed by atoms with Crippen molar-refractivity contribution in [1.29, 1.82) is 0 Å². The van der Waals surface area contributed by atoms with Crippen molar-refractivity contribution in [3.05, 3.63) is 17.7 Å². The van der Waals surface area contributed by atoms with E-state index < -0.39 is 0 Å². The maximum absolute atomic E-state index is 12.6. The SMILES string of the molecule is COCC1CCN(C(=O)c2nc(C(C)C)ncc2N)CC1. The van der Waals surface area contributed by atoms with Gasteiger partial charge in [0.25, 0.3) is 5.91 Å². The molecule has 2 rings (SSSR count). The lowest BCUT2D eigenvalue weighted by atomic mass is 9.97. The quantitative estimate of drug-likeness (QED) is 0.913. The van der Waals surface area contributed by atoms with E-state index in [9.17, 15) is 4.79 Å². The Morgan fingerprint density at radius 3 is 2.71 bits per heavy atom. The van der Waals surface area contributed by atoms with Crippen LogP contribution >= 0.6 is 0 Å². The van der Waals surface area contributed by atoms with Gasteiger partial charge in [-0.3, -0.25) is 4.79 Å². The molecule has 2 heterocycles. The number of nitrogen functional groups attached to an aromatic ring is 1. The normalized spacial score (nSPS) is 16.5. The number of hydrogen-bond donors (Lipinski definition) is 1. The van der Waals surface area contributed by atoms with Gasteiger partial charge in [-0.15, -0.1) is 0 Å². The Bertz CT molecular complexity index is 496. The number of carbonyl (C=O) groups excluding carboxylic acids is 1. The zero-order valence-electron chi connectivity index (χ0n) is 13.0. The largest absolute Gasteiger partial charge is 0.396 e. The number of rotatable bonds is 4. The van der Waals surface area contributed by atoms with Gasteiger partial charge in [0.2, 0.25) is 0 Å². The molecule has 21 heavy (non-hydrogen) atoms. The van der Waals surface area contributed by atoms with E-state index >= 15 is 0 Å².